The molecular formula is C17H17N3O. The molecule has 0 saturated heterocycles. The number of ether oxygens (including phenoxy) is 1. The van der Waals surface area contributed by atoms with Crippen molar-refractivity contribution in [3.05, 3.63) is 42.0 Å². The van der Waals surface area contributed by atoms with Crippen LogP contribution in [0.5, 0.6) is 5.75 Å². The second kappa shape index (κ2) is 4.52. The Morgan fingerprint density at radius 3 is 3.05 bits per heavy atom. The molecule has 0 amide bonds. The Kier molecular flexibility index (Phi) is 2.64. The van der Waals surface area contributed by atoms with E-state index in [9.17, 15) is 0 Å². The Hall–Kier alpha value is -2.49. The standard InChI is InChI=1S/C17H17N3O/c1-11-6-7-15-14(10-11)19-17(20(15)2)12-4-3-5-13-16(12)21-9-8-18-13/h3-7,10,18H,8-9H2,1-2H3. The number of hydrogen-bond acceptors (Lipinski definition) is 3. The molecule has 4 nitrogen and oxygen atoms in total. The molecule has 0 saturated carbocycles. The minimum absolute atomic E-state index is 0.688. The first kappa shape index (κ1) is 12.3. The fourth-order valence-corrected chi connectivity index (χ4v) is 2.90. The summed E-state index contributed by atoms with van der Waals surface area (Å²) in [5, 5.41) is 3.37. The maximum absolute atomic E-state index is 5.87. The first-order valence-corrected chi connectivity index (χ1v) is 7.17. The molecule has 1 aliphatic rings. The maximum Gasteiger partial charge on any atom is 0.153 e. The molecule has 0 bridgehead atoms. The van der Waals surface area contributed by atoms with E-state index in [4.69, 9.17) is 9.72 Å². The van der Waals surface area contributed by atoms with E-state index in [1.165, 1.54) is 5.56 Å². The van der Waals surface area contributed by atoms with Crippen molar-refractivity contribution in [3.63, 3.8) is 0 Å². The van der Waals surface area contributed by atoms with Crippen LogP contribution in [0.3, 0.4) is 0 Å². The van der Waals surface area contributed by atoms with Gasteiger partial charge in [-0.25, -0.2) is 4.98 Å². The number of nitrogens with zero attached hydrogens (tertiary/aromatic N) is 2. The molecule has 4 rings (SSSR count). The Bertz CT molecular complexity index is 835. The van der Waals surface area contributed by atoms with Crippen LogP contribution < -0.4 is 10.1 Å². The predicted molar refractivity (Wildman–Crippen MR) is 84.9 cm³/mol. The number of fused-ring (bicyclic) bond motifs is 2. The van der Waals surface area contributed by atoms with Gasteiger partial charge in [0.05, 0.1) is 22.3 Å². The van der Waals surface area contributed by atoms with E-state index < -0.39 is 0 Å². The largest absolute Gasteiger partial charge is 0.489 e. The van der Waals surface area contributed by atoms with Gasteiger partial charge in [-0.2, -0.15) is 0 Å². The molecule has 0 spiro atoms. The lowest BCUT2D eigenvalue weighted by atomic mass is 10.1. The third-order valence-corrected chi connectivity index (χ3v) is 3.96. The van der Waals surface area contributed by atoms with Crippen molar-refractivity contribution in [2.75, 3.05) is 18.5 Å². The lowest BCUT2D eigenvalue weighted by molar-refractivity contribution is 0.324. The van der Waals surface area contributed by atoms with E-state index >= 15 is 0 Å². The summed E-state index contributed by atoms with van der Waals surface area (Å²) in [6.07, 6.45) is 0. The number of hydrogen-bond donors (Lipinski definition) is 1. The maximum atomic E-state index is 5.87. The normalized spacial score (nSPS) is 13.6. The topological polar surface area (TPSA) is 39.1 Å². The number of benzene rings is 2. The number of anilines is 1. The minimum Gasteiger partial charge on any atom is -0.489 e. The lowest BCUT2D eigenvalue weighted by Crippen LogP contribution is -2.18. The third kappa shape index (κ3) is 1.87. The van der Waals surface area contributed by atoms with Crippen molar-refractivity contribution in [1.82, 2.24) is 9.55 Å². The smallest absolute Gasteiger partial charge is 0.153 e. The number of aryl methyl sites for hydroxylation is 2. The molecule has 0 radical (unpaired) electrons. The number of nitrogens with one attached hydrogen (secondary N) is 1. The predicted octanol–water partition coefficient (Wildman–Crippen LogP) is 3.35. The molecule has 106 valence electrons. The van der Waals surface area contributed by atoms with E-state index in [0.717, 1.165) is 40.4 Å². The second-order valence-corrected chi connectivity index (χ2v) is 5.44. The molecule has 21 heavy (non-hydrogen) atoms. The van der Waals surface area contributed by atoms with Crippen LogP contribution in [0.15, 0.2) is 36.4 Å². The van der Waals surface area contributed by atoms with Gasteiger partial charge in [0.1, 0.15) is 12.4 Å². The highest BCUT2D eigenvalue weighted by molar-refractivity contribution is 5.84. The fraction of sp³-hybridized carbons (Fsp3) is 0.235. The number of rotatable bonds is 1. The van der Waals surface area contributed by atoms with Gasteiger partial charge < -0.3 is 14.6 Å². The van der Waals surface area contributed by atoms with Crippen LogP contribution in [-0.2, 0) is 7.05 Å². The van der Waals surface area contributed by atoms with E-state index in [1.807, 2.05) is 12.1 Å². The molecule has 0 fully saturated rings. The average Bonchev–Trinajstić information content (AvgIpc) is 2.83. The highest BCUT2D eigenvalue weighted by atomic mass is 16.5. The number of para-hydroxylation sites is 1. The van der Waals surface area contributed by atoms with Crippen molar-refractivity contribution in [2.45, 2.75) is 6.92 Å². The van der Waals surface area contributed by atoms with Crippen molar-refractivity contribution in [2.24, 2.45) is 7.05 Å². The van der Waals surface area contributed by atoms with E-state index in [2.05, 4.69) is 48.1 Å². The summed E-state index contributed by atoms with van der Waals surface area (Å²) in [5.74, 6) is 1.84. The van der Waals surface area contributed by atoms with Crippen molar-refractivity contribution >= 4 is 16.7 Å². The van der Waals surface area contributed by atoms with Crippen molar-refractivity contribution in [3.8, 4) is 17.1 Å². The Labute approximate surface area is 123 Å². The van der Waals surface area contributed by atoms with Crippen LogP contribution in [0.2, 0.25) is 0 Å². The zero-order valence-electron chi connectivity index (χ0n) is 12.2. The molecule has 1 aliphatic heterocycles. The molecule has 2 heterocycles. The summed E-state index contributed by atoms with van der Waals surface area (Å²) in [7, 11) is 2.05. The van der Waals surface area contributed by atoms with Crippen LogP contribution in [0.25, 0.3) is 22.4 Å². The summed E-state index contributed by atoms with van der Waals surface area (Å²) in [6.45, 7) is 3.62. The average molecular weight is 279 g/mol. The minimum atomic E-state index is 0.688. The zero-order chi connectivity index (χ0) is 14.4. The summed E-state index contributed by atoms with van der Waals surface area (Å²) in [6, 6.07) is 12.5. The molecule has 4 heteroatoms. The Balaban J connectivity index is 1.97. The third-order valence-electron chi connectivity index (χ3n) is 3.96. The van der Waals surface area contributed by atoms with Gasteiger partial charge in [-0.05, 0) is 36.8 Å². The fourth-order valence-electron chi connectivity index (χ4n) is 2.90. The van der Waals surface area contributed by atoms with Crippen LogP contribution in [-0.4, -0.2) is 22.7 Å². The van der Waals surface area contributed by atoms with Gasteiger partial charge in [0.2, 0.25) is 0 Å². The Morgan fingerprint density at radius 1 is 1.24 bits per heavy atom. The molecular weight excluding hydrogens is 262 g/mol. The molecule has 3 aromatic rings. The van der Waals surface area contributed by atoms with Crippen LogP contribution in [0.4, 0.5) is 5.69 Å². The van der Waals surface area contributed by atoms with Gasteiger partial charge >= 0.3 is 0 Å². The summed E-state index contributed by atoms with van der Waals surface area (Å²) >= 11 is 0. The van der Waals surface area contributed by atoms with E-state index in [-0.39, 0.29) is 0 Å². The van der Waals surface area contributed by atoms with Gasteiger partial charge in [0.15, 0.2) is 5.75 Å². The Morgan fingerprint density at radius 2 is 2.14 bits per heavy atom. The highest BCUT2D eigenvalue weighted by Crippen LogP contribution is 2.38. The van der Waals surface area contributed by atoms with Crippen LogP contribution in [0, 0.1) is 6.92 Å². The molecule has 1 N–H and O–H groups in total. The van der Waals surface area contributed by atoms with Gasteiger partial charge in [0, 0.05) is 13.6 Å². The lowest BCUT2D eigenvalue weighted by Gasteiger charge is -2.21. The van der Waals surface area contributed by atoms with Gasteiger partial charge in [-0.3, -0.25) is 0 Å². The first-order valence-electron chi connectivity index (χ1n) is 7.17. The SMILES string of the molecule is Cc1ccc2c(c1)nc(-c1cccc3c1OCCN3)n2C. The number of imidazole rings is 1. The van der Waals surface area contributed by atoms with Gasteiger partial charge in [-0.1, -0.05) is 12.1 Å². The van der Waals surface area contributed by atoms with E-state index in [1.54, 1.807) is 0 Å². The van der Waals surface area contributed by atoms with E-state index in [0.29, 0.717) is 6.61 Å². The van der Waals surface area contributed by atoms with Crippen molar-refractivity contribution < 1.29 is 4.74 Å². The highest BCUT2D eigenvalue weighted by Gasteiger charge is 2.19. The molecule has 0 unspecified atom stereocenters. The molecule has 1 aromatic heterocycles. The van der Waals surface area contributed by atoms with Crippen LogP contribution >= 0.6 is 0 Å². The molecule has 0 atom stereocenters. The molecule has 0 aliphatic carbocycles. The monoisotopic (exact) mass is 279 g/mol. The number of aromatic nitrogens is 2. The summed E-state index contributed by atoms with van der Waals surface area (Å²) < 4.78 is 8.00. The summed E-state index contributed by atoms with van der Waals surface area (Å²) in [4.78, 5) is 4.81. The quantitative estimate of drug-likeness (QED) is 0.742. The first-order chi connectivity index (χ1) is 10.2. The van der Waals surface area contributed by atoms with Crippen molar-refractivity contribution in [1.29, 1.82) is 0 Å². The van der Waals surface area contributed by atoms with Gasteiger partial charge in [0.25, 0.3) is 0 Å². The van der Waals surface area contributed by atoms with Crippen LogP contribution in [0.1, 0.15) is 5.56 Å². The second-order valence-electron chi connectivity index (χ2n) is 5.44. The summed E-state index contributed by atoms with van der Waals surface area (Å²) in [5.41, 5.74) is 5.46. The zero-order valence-corrected chi connectivity index (χ0v) is 12.2. The van der Waals surface area contributed by atoms with Gasteiger partial charge in [-0.15, -0.1) is 0 Å². The molecule has 2 aromatic carbocycles.